The molecule has 1 aliphatic heterocycles. The zero-order valence-corrected chi connectivity index (χ0v) is 12.9. The molecule has 1 fully saturated rings. The van der Waals surface area contributed by atoms with E-state index in [2.05, 4.69) is 0 Å². The summed E-state index contributed by atoms with van der Waals surface area (Å²) in [7, 11) is 0. The van der Waals surface area contributed by atoms with E-state index in [0.29, 0.717) is 5.92 Å². The lowest BCUT2D eigenvalue weighted by molar-refractivity contribution is 0.0576. The van der Waals surface area contributed by atoms with Crippen molar-refractivity contribution in [1.82, 2.24) is 0 Å². The molecule has 0 bridgehead atoms. The second-order valence-electron chi connectivity index (χ2n) is 6.12. The molecule has 3 aliphatic rings. The van der Waals surface area contributed by atoms with Gasteiger partial charge in [0.25, 0.3) is 0 Å². The van der Waals surface area contributed by atoms with Gasteiger partial charge in [0, 0.05) is 16.5 Å². The highest BCUT2D eigenvalue weighted by Crippen LogP contribution is 2.51. The lowest BCUT2D eigenvalue weighted by Crippen LogP contribution is -2.27. The first-order valence-electron chi connectivity index (χ1n) is 7.44. The van der Waals surface area contributed by atoms with Crippen LogP contribution in [0.25, 0.3) is 0 Å². The lowest BCUT2D eigenvalue weighted by Gasteiger charge is -2.21. The highest BCUT2D eigenvalue weighted by molar-refractivity contribution is 8.14. The maximum Gasteiger partial charge on any atom is 0.196 e. The van der Waals surface area contributed by atoms with Crippen LogP contribution in [0.5, 0.6) is 0 Å². The molecule has 0 amide bonds. The second-order valence-corrected chi connectivity index (χ2v) is 7.78. The fourth-order valence-electron chi connectivity index (χ4n) is 3.74. The van der Waals surface area contributed by atoms with E-state index in [9.17, 15) is 5.11 Å². The number of thioether (sulfide) groups is 1. The normalized spacial score (nSPS) is 32.9. The Morgan fingerprint density at radius 2 is 2.05 bits per heavy atom. The van der Waals surface area contributed by atoms with E-state index in [1.54, 1.807) is 11.8 Å². The van der Waals surface area contributed by atoms with E-state index >= 15 is 0 Å². The van der Waals surface area contributed by atoms with Gasteiger partial charge in [-0.05, 0) is 37.0 Å². The Labute approximate surface area is 128 Å². The van der Waals surface area contributed by atoms with Gasteiger partial charge in [0.05, 0.1) is 10.3 Å². The summed E-state index contributed by atoms with van der Waals surface area (Å²) in [6.45, 7) is 0. The Morgan fingerprint density at radius 3 is 2.85 bits per heavy atom. The van der Waals surface area contributed by atoms with Crippen LogP contribution in [0.3, 0.4) is 0 Å². The van der Waals surface area contributed by atoms with Crippen molar-refractivity contribution >= 4 is 28.4 Å². The molecule has 106 valence electrons. The zero-order chi connectivity index (χ0) is 13.7. The van der Waals surface area contributed by atoms with Gasteiger partial charge in [-0.1, -0.05) is 36.9 Å². The largest absolute Gasteiger partial charge is 0.365 e. The van der Waals surface area contributed by atoms with Crippen LogP contribution >= 0.6 is 23.4 Å². The van der Waals surface area contributed by atoms with Gasteiger partial charge in [0.15, 0.2) is 5.72 Å². The standard InChI is InChI=1S/C16H18ClNOS/c17-12-6-7-13-11(8-12)9-14-16(13,19)18-15(20-14)10-4-2-1-3-5-10/h6-8,10,14,19H,1-5,9H2. The molecule has 4 rings (SSSR count). The molecule has 1 heterocycles. The highest BCUT2D eigenvalue weighted by atomic mass is 35.5. The smallest absolute Gasteiger partial charge is 0.196 e. The average molecular weight is 308 g/mol. The van der Waals surface area contributed by atoms with Crippen molar-refractivity contribution < 1.29 is 5.11 Å². The Kier molecular flexibility index (Phi) is 3.13. The van der Waals surface area contributed by atoms with E-state index in [1.807, 2.05) is 18.2 Å². The third-order valence-electron chi connectivity index (χ3n) is 4.82. The molecule has 4 heteroatoms. The Balaban J connectivity index is 1.68. The van der Waals surface area contributed by atoms with Gasteiger partial charge in [-0.25, -0.2) is 4.99 Å². The summed E-state index contributed by atoms with van der Waals surface area (Å²) in [4.78, 5) is 4.77. The Bertz CT molecular complexity index is 582. The minimum absolute atomic E-state index is 0.146. The predicted molar refractivity (Wildman–Crippen MR) is 84.4 cm³/mol. The van der Waals surface area contributed by atoms with Crippen LogP contribution in [0, 0.1) is 5.92 Å². The maximum atomic E-state index is 11.0. The van der Waals surface area contributed by atoms with Gasteiger partial charge in [-0.3, -0.25) is 0 Å². The molecule has 0 spiro atoms. The SMILES string of the molecule is OC12N=C(C3CCCCC3)SC1Cc1cc(Cl)ccc12. The summed E-state index contributed by atoms with van der Waals surface area (Å²) in [5.74, 6) is 0.583. The monoisotopic (exact) mass is 307 g/mol. The van der Waals surface area contributed by atoms with Gasteiger partial charge < -0.3 is 5.11 Å². The summed E-state index contributed by atoms with van der Waals surface area (Å²) < 4.78 is 0. The van der Waals surface area contributed by atoms with Crippen molar-refractivity contribution in [1.29, 1.82) is 0 Å². The van der Waals surface area contributed by atoms with Crippen LogP contribution in [0.15, 0.2) is 23.2 Å². The van der Waals surface area contributed by atoms with Crippen LogP contribution in [-0.4, -0.2) is 15.4 Å². The average Bonchev–Trinajstić information content (AvgIpc) is 2.90. The number of aliphatic hydroxyl groups is 1. The van der Waals surface area contributed by atoms with Gasteiger partial charge in [0.2, 0.25) is 0 Å². The first kappa shape index (κ1) is 13.2. The van der Waals surface area contributed by atoms with Gasteiger partial charge >= 0.3 is 0 Å². The third-order valence-corrected chi connectivity index (χ3v) is 6.50. The number of fused-ring (bicyclic) bond motifs is 3. The number of aliphatic imine (C=N–C) groups is 1. The van der Waals surface area contributed by atoms with E-state index in [4.69, 9.17) is 16.6 Å². The van der Waals surface area contributed by atoms with Crippen molar-refractivity contribution in [3.05, 3.63) is 34.3 Å². The second kappa shape index (κ2) is 4.75. The Hall–Kier alpha value is -0.510. The molecule has 0 saturated heterocycles. The number of halogens is 1. The molecule has 1 aromatic rings. The maximum absolute atomic E-state index is 11.0. The van der Waals surface area contributed by atoms with Crippen molar-refractivity contribution in [2.75, 3.05) is 0 Å². The molecule has 1 aromatic carbocycles. The number of hydrogen-bond acceptors (Lipinski definition) is 3. The van der Waals surface area contributed by atoms with E-state index in [1.165, 1.54) is 37.1 Å². The minimum Gasteiger partial charge on any atom is -0.365 e. The zero-order valence-electron chi connectivity index (χ0n) is 11.3. The molecule has 2 atom stereocenters. The van der Waals surface area contributed by atoms with Crippen LogP contribution in [0.4, 0.5) is 0 Å². The number of rotatable bonds is 1. The topological polar surface area (TPSA) is 32.6 Å². The summed E-state index contributed by atoms with van der Waals surface area (Å²) in [5, 5.41) is 13.1. The fourth-order valence-corrected chi connectivity index (χ4v) is 5.45. The van der Waals surface area contributed by atoms with Crippen molar-refractivity contribution in [3.63, 3.8) is 0 Å². The molecular weight excluding hydrogens is 290 g/mol. The quantitative estimate of drug-likeness (QED) is 0.846. The summed E-state index contributed by atoms with van der Waals surface area (Å²) in [6.07, 6.45) is 7.31. The molecule has 2 unspecified atom stereocenters. The van der Waals surface area contributed by atoms with Gasteiger partial charge in [0.1, 0.15) is 0 Å². The van der Waals surface area contributed by atoms with Crippen LogP contribution < -0.4 is 0 Å². The molecule has 20 heavy (non-hydrogen) atoms. The van der Waals surface area contributed by atoms with Crippen molar-refractivity contribution in [3.8, 4) is 0 Å². The van der Waals surface area contributed by atoms with E-state index in [-0.39, 0.29) is 5.25 Å². The van der Waals surface area contributed by atoms with Crippen LogP contribution in [-0.2, 0) is 12.1 Å². The molecule has 2 nitrogen and oxygen atoms in total. The molecule has 1 N–H and O–H groups in total. The fraction of sp³-hybridized carbons (Fsp3) is 0.562. The van der Waals surface area contributed by atoms with Crippen LogP contribution in [0.1, 0.15) is 43.2 Å². The molecule has 0 radical (unpaired) electrons. The van der Waals surface area contributed by atoms with E-state index < -0.39 is 5.72 Å². The van der Waals surface area contributed by atoms with E-state index in [0.717, 1.165) is 22.6 Å². The van der Waals surface area contributed by atoms with Gasteiger partial charge in [-0.2, -0.15) is 0 Å². The van der Waals surface area contributed by atoms with Crippen molar-refractivity contribution in [2.45, 2.75) is 49.5 Å². The number of benzene rings is 1. The molecular formula is C16H18ClNOS. The third kappa shape index (κ3) is 1.94. The molecule has 2 aliphatic carbocycles. The summed E-state index contributed by atoms with van der Waals surface area (Å²) in [5.41, 5.74) is 1.12. The minimum atomic E-state index is -1.00. The Morgan fingerprint density at radius 1 is 1.25 bits per heavy atom. The first-order valence-corrected chi connectivity index (χ1v) is 8.70. The summed E-state index contributed by atoms with van der Waals surface area (Å²) in [6, 6.07) is 5.79. The number of hydrogen-bond donors (Lipinski definition) is 1. The summed E-state index contributed by atoms with van der Waals surface area (Å²) >= 11 is 7.86. The first-order chi connectivity index (χ1) is 9.67. The molecule has 1 saturated carbocycles. The van der Waals surface area contributed by atoms with Crippen LogP contribution in [0.2, 0.25) is 5.02 Å². The highest BCUT2D eigenvalue weighted by Gasteiger charge is 2.51. The van der Waals surface area contributed by atoms with Gasteiger partial charge in [-0.15, -0.1) is 11.8 Å². The number of nitrogens with zero attached hydrogens (tertiary/aromatic N) is 1. The van der Waals surface area contributed by atoms with Crippen molar-refractivity contribution in [2.24, 2.45) is 10.9 Å². The predicted octanol–water partition coefficient (Wildman–Crippen LogP) is 4.14. The lowest BCUT2D eigenvalue weighted by atomic mass is 9.90. The molecule has 0 aromatic heterocycles.